The number of sulfonamides is 1. The van der Waals surface area contributed by atoms with Crippen molar-refractivity contribution >= 4 is 26.9 Å². The summed E-state index contributed by atoms with van der Waals surface area (Å²) in [6.07, 6.45) is 1.71. The van der Waals surface area contributed by atoms with Crippen LogP contribution in [0.3, 0.4) is 0 Å². The molecule has 0 radical (unpaired) electrons. The van der Waals surface area contributed by atoms with Gasteiger partial charge in [0.05, 0.1) is 16.6 Å². The van der Waals surface area contributed by atoms with Gasteiger partial charge in [-0.3, -0.25) is 4.90 Å². The van der Waals surface area contributed by atoms with Gasteiger partial charge >= 0.3 is 5.97 Å². The number of nitrogens with zero attached hydrogens (tertiary/aromatic N) is 3. The van der Waals surface area contributed by atoms with Crippen LogP contribution in [-0.2, 0) is 16.6 Å². The zero-order valence-corrected chi connectivity index (χ0v) is 20.5. The molecule has 1 saturated heterocycles. The van der Waals surface area contributed by atoms with Gasteiger partial charge in [-0.05, 0) is 51.1 Å². The summed E-state index contributed by atoms with van der Waals surface area (Å²) >= 11 is 0. The van der Waals surface area contributed by atoms with E-state index in [2.05, 4.69) is 4.90 Å². The quantitative estimate of drug-likeness (QED) is 0.525. The average molecular weight is 486 g/mol. The summed E-state index contributed by atoms with van der Waals surface area (Å²) in [6.45, 7) is 8.74. The monoisotopic (exact) mass is 485 g/mol. The summed E-state index contributed by atoms with van der Waals surface area (Å²) in [5.74, 6) is -0.290. The predicted octanol–water partition coefficient (Wildman–Crippen LogP) is 3.52. The van der Waals surface area contributed by atoms with Crippen LogP contribution in [0.15, 0.2) is 59.6 Å². The summed E-state index contributed by atoms with van der Waals surface area (Å²) in [6, 6.07) is 13.9. The molecule has 0 bridgehead atoms. The first-order valence-electron chi connectivity index (χ1n) is 11.5. The first-order valence-corrected chi connectivity index (χ1v) is 12.9. The highest BCUT2D eigenvalue weighted by Gasteiger charge is 2.33. The Labute approximate surface area is 200 Å². The number of carbonyl (C=O) groups is 1. The number of benzene rings is 2. The molecular formula is C25H31N3O5S. The summed E-state index contributed by atoms with van der Waals surface area (Å²) < 4.78 is 35.6. The lowest BCUT2D eigenvalue weighted by Gasteiger charge is -2.39. The molecule has 0 aliphatic carbocycles. The lowest BCUT2D eigenvalue weighted by Crippen LogP contribution is -2.54. The number of fused-ring (bicyclic) bond motifs is 1. The molecule has 1 N–H and O–H groups in total. The van der Waals surface area contributed by atoms with E-state index in [1.165, 1.54) is 0 Å². The lowest BCUT2D eigenvalue weighted by atomic mass is 10.2. The van der Waals surface area contributed by atoms with Gasteiger partial charge in [0.25, 0.3) is 0 Å². The van der Waals surface area contributed by atoms with E-state index in [0.29, 0.717) is 44.0 Å². The zero-order chi connectivity index (χ0) is 24.5. The fourth-order valence-corrected chi connectivity index (χ4v) is 6.14. The number of para-hydroxylation sites is 1. The van der Waals surface area contributed by atoms with Crippen LogP contribution < -0.4 is 4.74 Å². The van der Waals surface area contributed by atoms with Crippen LogP contribution in [0.25, 0.3) is 10.9 Å². The van der Waals surface area contributed by atoms with E-state index in [-0.39, 0.29) is 17.0 Å². The van der Waals surface area contributed by atoms with Crippen molar-refractivity contribution in [2.24, 2.45) is 0 Å². The summed E-state index contributed by atoms with van der Waals surface area (Å²) in [7, 11) is -3.60. The molecule has 34 heavy (non-hydrogen) atoms. The topological polar surface area (TPSA) is 92.1 Å². The molecule has 8 nitrogen and oxygen atoms in total. The number of hydrogen-bond donors (Lipinski definition) is 1. The van der Waals surface area contributed by atoms with Crippen molar-refractivity contribution in [1.29, 1.82) is 0 Å². The normalized spacial score (nSPS) is 17.9. The standard InChI is InChI=1S/C25H31N3O5S/c1-18(2)33-20-8-10-21(11-9-20)34(31,32)28-15-13-26(16-19(28)3)12-14-27-17-23(25(29)30)22-6-4-5-7-24(22)27/h4-11,17-19H,12-16H2,1-3H3,(H,29,30). The summed E-state index contributed by atoms with van der Waals surface area (Å²) in [5.41, 5.74) is 1.18. The maximum Gasteiger partial charge on any atom is 0.337 e. The first kappa shape index (κ1) is 24.3. The van der Waals surface area contributed by atoms with E-state index >= 15 is 0 Å². The third kappa shape index (κ3) is 4.96. The third-order valence-corrected chi connectivity index (χ3v) is 8.16. The molecular weight excluding hydrogens is 454 g/mol. The van der Waals surface area contributed by atoms with Gasteiger partial charge < -0.3 is 14.4 Å². The Hall–Kier alpha value is -2.88. The number of aromatic carboxylic acids is 1. The Bertz CT molecular complexity index is 1270. The average Bonchev–Trinajstić information content (AvgIpc) is 3.17. The zero-order valence-electron chi connectivity index (χ0n) is 19.7. The molecule has 1 aliphatic rings. The number of piperazine rings is 1. The van der Waals surface area contributed by atoms with E-state index in [1.807, 2.05) is 49.6 Å². The van der Waals surface area contributed by atoms with E-state index < -0.39 is 16.0 Å². The van der Waals surface area contributed by atoms with Gasteiger partial charge in [0.1, 0.15) is 5.75 Å². The maximum atomic E-state index is 13.2. The molecule has 2 aromatic carbocycles. The maximum absolute atomic E-state index is 13.2. The number of hydrogen-bond acceptors (Lipinski definition) is 5. The van der Waals surface area contributed by atoms with Crippen LogP contribution in [-0.4, -0.2) is 71.6 Å². The van der Waals surface area contributed by atoms with Crippen LogP contribution >= 0.6 is 0 Å². The second kappa shape index (κ2) is 9.77. The number of carboxylic acid groups (broad SMARTS) is 1. The Kier molecular flexibility index (Phi) is 6.97. The summed E-state index contributed by atoms with van der Waals surface area (Å²) in [5, 5.41) is 10.2. The van der Waals surface area contributed by atoms with Gasteiger partial charge in [0.15, 0.2) is 0 Å². The van der Waals surface area contributed by atoms with Crippen LogP contribution in [0.4, 0.5) is 0 Å². The molecule has 1 atom stereocenters. The molecule has 0 saturated carbocycles. The molecule has 2 heterocycles. The number of ether oxygens (including phenoxy) is 1. The minimum absolute atomic E-state index is 0.0239. The molecule has 3 aromatic rings. The van der Waals surface area contributed by atoms with Gasteiger partial charge in [-0.2, -0.15) is 4.31 Å². The minimum atomic E-state index is -3.60. The Balaban J connectivity index is 1.41. The van der Waals surface area contributed by atoms with Gasteiger partial charge in [-0.1, -0.05) is 18.2 Å². The molecule has 1 unspecified atom stereocenters. The third-order valence-electron chi connectivity index (χ3n) is 6.13. The second-order valence-corrected chi connectivity index (χ2v) is 10.9. The highest BCUT2D eigenvalue weighted by atomic mass is 32.2. The van der Waals surface area contributed by atoms with Gasteiger partial charge in [0, 0.05) is 55.9 Å². The van der Waals surface area contributed by atoms with Crippen LogP contribution in [0.1, 0.15) is 31.1 Å². The fraction of sp³-hybridized carbons (Fsp3) is 0.400. The van der Waals surface area contributed by atoms with Gasteiger partial charge in [-0.15, -0.1) is 0 Å². The van der Waals surface area contributed by atoms with E-state index in [4.69, 9.17) is 4.74 Å². The first-order chi connectivity index (χ1) is 16.2. The van der Waals surface area contributed by atoms with Crippen molar-refractivity contribution in [3.63, 3.8) is 0 Å². The van der Waals surface area contributed by atoms with Crippen molar-refractivity contribution < 1.29 is 23.1 Å². The molecule has 0 amide bonds. The van der Waals surface area contributed by atoms with Crippen molar-refractivity contribution in [2.75, 3.05) is 26.2 Å². The number of carboxylic acids is 1. The molecule has 182 valence electrons. The molecule has 1 aromatic heterocycles. The lowest BCUT2D eigenvalue weighted by molar-refractivity contribution is 0.0698. The molecule has 4 rings (SSSR count). The van der Waals surface area contributed by atoms with Crippen molar-refractivity contribution in [1.82, 2.24) is 13.8 Å². The van der Waals surface area contributed by atoms with Crippen molar-refractivity contribution in [2.45, 2.75) is 44.4 Å². The highest BCUT2D eigenvalue weighted by molar-refractivity contribution is 7.89. The van der Waals surface area contributed by atoms with Gasteiger partial charge in [-0.25, -0.2) is 13.2 Å². The van der Waals surface area contributed by atoms with Crippen LogP contribution in [0, 0.1) is 0 Å². The minimum Gasteiger partial charge on any atom is -0.491 e. The largest absolute Gasteiger partial charge is 0.491 e. The van der Waals surface area contributed by atoms with Crippen LogP contribution in [0.5, 0.6) is 5.75 Å². The van der Waals surface area contributed by atoms with Gasteiger partial charge in [0.2, 0.25) is 10.0 Å². The molecule has 9 heteroatoms. The number of aromatic nitrogens is 1. The Morgan fingerprint density at radius 2 is 1.79 bits per heavy atom. The second-order valence-electron chi connectivity index (χ2n) is 8.96. The van der Waals surface area contributed by atoms with Crippen molar-refractivity contribution in [3.05, 3.63) is 60.3 Å². The molecule has 1 aliphatic heterocycles. The highest BCUT2D eigenvalue weighted by Crippen LogP contribution is 2.25. The van der Waals surface area contributed by atoms with Crippen LogP contribution in [0.2, 0.25) is 0 Å². The molecule has 1 fully saturated rings. The van der Waals surface area contributed by atoms with E-state index in [9.17, 15) is 18.3 Å². The van der Waals surface area contributed by atoms with E-state index in [1.54, 1.807) is 34.8 Å². The van der Waals surface area contributed by atoms with Crippen molar-refractivity contribution in [3.8, 4) is 5.75 Å². The number of rotatable bonds is 8. The predicted molar refractivity (Wildman–Crippen MR) is 131 cm³/mol. The smallest absolute Gasteiger partial charge is 0.337 e. The Morgan fingerprint density at radius 1 is 1.09 bits per heavy atom. The van der Waals surface area contributed by atoms with E-state index in [0.717, 1.165) is 10.9 Å². The summed E-state index contributed by atoms with van der Waals surface area (Å²) in [4.78, 5) is 14.1. The SMILES string of the molecule is CC(C)Oc1ccc(S(=O)(=O)N2CCN(CCn3cc(C(=O)O)c4ccccc43)CC2C)cc1. The Morgan fingerprint density at radius 3 is 2.44 bits per heavy atom. The molecule has 0 spiro atoms. The fourth-order valence-electron chi connectivity index (χ4n) is 4.53.